The number of methoxy groups -OCH3 is 1. The Kier molecular flexibility index (Phi) is 20.9. The van der Waals surface area contributed by atoms with Crippen LogP contribution in [0.4, 0.5) is 0 Å². The SMILES string of the molecule is COc1cccc([O-])c1[O-].[CH2]CCN(C)C.[CH2]CCN(C)C.[Sn+2]. The van der Waals surface area contributed by atoms with E-state index in [1.807, 2.05) is 28.2 Å². The predicted molar refractivity (Wildman–Crippen MR) is 94.7 cm³/mol. The van der Waals surface area contributed by atoms with Crippen LogP contribution in [0.25, 0.3) is 0 Å². The molecule has 0 bridgehead atoms. The van der Waals surface area contributed by atoms with Crippen molar-refractivity contribution in [3.63, 3.8) is 0 Å². The molecule has 0 aromatic heterocycles. The van der Waals surface area contributed by atoms with Crippen LogP contribution in [0.3, 0.4) is 0 Å². The second-order valence-corrected chi connectivity index (χ2v) is 5.10. The van der Waals surface area contributed by atoms with Gasteiger partial charge < -0.3 is 24.7 Å². The number of hydrogen-bond acceptors (Lipinski definition) is 5. The summed E-state index contributed by atoms with van der Waals surface area (Å²) in [5.41, 5.74) is 0. The van der Waals surface area contributed by atoms with Crippen LogP contribution in [0.15, 0.2) is 18.2 Å². The Morgan fingerprint density at radius 1 is 0.957 bits per heavy atom. The van der Waals surface area contributed by atoms with Gasteiger partial charge >= 0.3 is 23.9 Å². The first-order chi connectivity index (χ1) is 10.3. The molecule has 0 aliphatic carbocycles. The molecule has 6 heteroatoms. The van der Waals surface area contributed by atoms with Gasteiger partial charge in [0.25, 0.3) is 0 Å². The average Bonchev–Trinajstić information content (AvgIpc) is 2.43. The maximum atomic E-state index is 10.8. The normalized spacial score (nSPS) is 9.26. The van der Waals surface area contributed by atoms with Crippen LogP contribution in [0.1, 0.15) is 12.8 Å². The van der Waals surface area contributed by atoms with E-state index in [1.54, 1.807) is 0 Å². The van der Waals surface area contributed by atoms with E-state index in [4.69, 9.17) is 0 Å². The average molecular weight is 429 g/mol. The molecular formula is C17H30N2O3Sn. The van der Waals surface area contributed by atoms with E-state index < -0.39 is 11.5 Å². The molecule has 1 rings (SSSR count). The summed E-state index contributed by atoms with van der Waals surface area (Å²) in [4.78, 5) is 4.24. The van der Waals surface area contributed by atoms with Gasteiger partial charge in [-0.25, -0.2) is 0 Å². The largest absolute Gasteiger partial charge is 2.00 e. The van der Waals surface area contributed by atoms with Crippen molar-refractivity contribution in [3.8, 4) is 17.2 Å². The van der Waals surface area contributed by atoms with Gasteiger partial charge in [-0.15, -0.1) is 5.75 Å². The van der Waals surface area contributed by atoms with Crippen LogP contribution in [-0.4, -0.2) is 82.1 Å². The molecule has 0 spiro atoms. The van der Waals surface area contributed by atoms with Crippen LogP contribution >= 0.6 is 0 Å². The van der Waals surface area contributed by atoms with Crippen molar-refractivity contribution >= 4 is 23.9 Å². The Bertz CT molecular complexity index is 365. The van der Waals surface area contributed by atoms with E-state index in [-0.39, 0.29) is 29.7 Å². The number of para-hydroxylation sites is 1. The number of nitrogens with zero attached hydrogens (tertiary/aromatic N) is 2. The monoisotopic (exact) mass is 430 g/mol. The molecule has 0 fully saturated rings. The molecule has 0 heterocycles. The Labute approximate surface area is 159 Å². The maximum absolute atomic E-state index is 10.8. The Hall–Kier alpha value is -0.661. The summed E-state index contributed by atoms with van der Waals surface area (Å²) in [6, 6.07) is 4.16. The molecule has 23 heavy (non-hydrogen) atoms. The Balaban J connectivity index is -0.000000271. The molecule has 130 valence electrons. The number of rotatable bonds is 5. The van der Waals surface area contributed by atoms with Crippen LogP contribution in [-0.2, 0) is 0 Å². The number of ether oxygens (including phenoxy) is 1. The van der Waals surface area contributed by atoms with Crippen LogP contribution < -0.4 is 14.9 Å². The summed E-state index contributed by atoms with van der Waals surface area (Å²) >= 11 is 0. The van der Waals surface area contributed by atoms with Gasteiger partial charge in [0.1, 0.15) is 5.75 Å². The summed E-state index contributed by atoms with van der Waals surface area (Å²) in [5.74, 6) is -1.00. The molecule has 0 unspecified atom stereocenters. The van der Waals surface area contributed by atoms with Crippen molar-refractivity contribution in [1.29, 1.82) is 0 Å². The fraction of sp³-hybridized carbons (Fsp3) is 0.529. The maximum Gasteiger partial charge on any atom is 2.00 e. The van der Waals surface area contributed by atoms with E-state index in [1.165, 1.54) is 25.3 Å². The van der Waals surface area contributed by atoms with E-state index >= 15 is 0 Å². The van der Waals surface area contributed by atoms with Crippen molar-refractivity contribution < 1.29 is 14.9 Å². The van der Waals surface area contributed by atoms with Gasteiger partial charge in [-0.1, -0.05) is 31.7 Å². The van der Waals surface area contributed by atoms with Crippen molar-refractivity contribution in [1.82, 2.24) is 9.80 Å². The minimum atomic E-state index is -0.579. The fourth-order valence-electron chi connectivity index (χ4n) is 1.29. The zero-order chi connectivity index (χ0) is 17.5. The molecular weight excluding hydrogens is 399 g/mol. The molecule has 0 aliphatic rings. The van der Waals surface area contributed by atoms with E-state index in [2.05, 4.69) is 28.4 Å². The molecule has 0 amide bonds. The molecule has 1 aromatic carbocycles. The molecule has 5 nitrogen and oxygen atoms in total. The van der Waals surface area contributed by atoms with E-state index in [9.17, 15) is 10.2 Å². The van der Waals surface area contributed by atoms with Crippen LogP contribution in [0, 0.1) is 13.8 Å². The molecule has 0 aliphatic heterocycles. The summed E-state index contributed by atoms with van der Waals surface area (Å²) in [7, 11) is 9.54. The second kappa shape index (κ2) is 17.7. The van der Waals surface area contributed by atoms with Gasteiger partial charge in [0.05, 0.1) is 7.11 Å². The standard InChI is InChI=1S/C7H8O3.2C5H12N.Sn/c1-10-6-4-2-3-5(8)7(6)9;2*1-4-5-6(2)3;/h2-4,8-9H,1H3;2*1,4-5H2,2-3H3;/q;;;+2/p-2. The zero-order valence-electron chi connectivity index (χ0n) is 15.1. The summed E-state index contributed by atoms with van der Waals surface area (Å²) in [6.07, 6.45) is 2.01. The molecule has 0 saturated carbocycles. The molecule has 1 aromatic rings. The van der Waals surface area contributed by atoms with Crippen molar-refractivity contribution in [2.45, 2.75) is 12.8 Å². The molecule has 4 radical (unpaired) electrons. The summed E-state index contributed by atoms with van der Waals surface area (Å²) in [5, 5.41) is 21.4. The fourth-order valence-corrected chi connectivity index (χ4v) is 1.29. The van der Waals surface area contributed by atoms with Crippen molar-refractivity contribution in [2.75, 3.05) is 48.4 Å². The van der Waals surface area contributed by atoms with E-state index in [0.29, 0.717) is 0 Å². The summed E-state index contributed by atoms with van der Waals surface area (Å²) < 4.78 is 4.61. The van der Waals surface area contributed by atoms with Gasteiger partial charge in [0, 0.05) is 0 Å². The van der Waals surface area contributed by atoms with Gasteiger partial charge in [0.15, 0.2) is 0 Å². The molecule has 0 atom stereocenters. The Morgan fingerprint density at radius 2 is 1.39 bits per heavy atom. The Morgan fingerprint density at radius 3 is 1.61 bits per heavy atom. The topological polar surface area (TPSA) is 61.8 Å². The molecule has 0 N–H and O–H groups in total. The first kappa shape index (κ1) is 27.2. The van der Waals surface area contributed by atoms with Gasteiger partial charge in [-0.3, -0.25) is 0 Å². The third-order valence-corrected chi connectivity index (χ3v) is 2.37. The minimum Gasteiger partial charge on any atom is -0.873 e. The third-order valence-electron chi connectivity index (χ3n) is 2.37. The predicted octanol–water partition coefficient (Wildman–Crippen LogP) is 1.01. The van der Waals surface area contributed by atoms with Gasteiger partial charge in [0.2, 0.25) is 0 Å². The third kappa shape index (κ3) is 17.5. The zero-order valence-corrected chi connectivity index (χ0v) is 17.9. The van der Waals surface area contributed by atoms with Gasteiger partial charge in [-0.2, -0.15) is 0 Å². The van der Waals surface area contributed by atoms with Crippen molar-refractivity contribution in [2.24, 2.45) is 0 Å². The quantitative estimate of drug-likeness (QED) is 0.655. The number of benzene rings is 1. The van der Waals surface area contributed by atoms with Crippen LogP contribution in [0.5, 0.6) is 17.2 Å². The van der Waals surface area contributed by atoms with Crippen LogP contribution in [0.2, 0.25) is 0 Å². The van der Waals surface area contributed by atoms with E-state index in [0.717, 1.165) is 25.9 Å². The first-order valence-electron chi connectivity index (χ1n) is 7.19. The summed E-state index contributed by atoms with van der Waals surface area (Å²) in [6.45, 7) is 9.56. The minimum absolute atomic E-state index is 0. The molecule has 0 saturated heterocycles. The smallest absolute Gasteiger partial charge is 0.873 e. The first-order valence-corrected chi connectivity index (χ1v) is 7.19. The number of hydrogen-bond donors (Lipinski definition) is 0. The van der Waals surface area contributed by atoms with Crippen molar-refractivity contribution in [3.05, 3.63) is 32.0 Å². The second-order valence-electron chi connectivity index (χ2n) is 5.10. The van der Waals surface area contributed by atoms with Gasteiger partial charge in [-0.05, 0) is 60.2 Å².